The van der Waals surface area contributed by atoms with Gasteiger partial charge in [-0.15, -0.1) is 0 Å². The molecule has 6 nitrogen and oxygen atoms in total. The third-order valence-corrected chi connectivity index (χ3v) is 5.84. The number of carbonyl (C=O) groups is 1. The molecule has 0 spiro atoms. The normalized spacial score (nSPS) is 15.4. The summed E-state index contributed by atoms with van der Waals surface area (Å²) in [5, 5.41) is 11.6. The molecule has 0 saturated carbocycles. The smallest absolute Gasteiger partial charge is 0.268 e. The van der Waals surface area contributed by atoms with Crippen molar-refractivity contribution in [1.29, 1.82) is 0 Å². The Bertz CT molecular complexity index is 1220. The standard InChI is InChI=1S/C22H18Cl2F2N4O2/c1-11-21(12(2)30(28-11)10-13-6-7-14(25)8-16(13)24)27-22(31)19-9-18(29-32-19)20-15(23)4-3-5-17(20)26/h3-8,19H,9-10H2,1-2H3,(H,27,31). The van der Waals surface area contributed by atoms with Crippen LogP contribution in [0.4, 0.5) is 14.5 Å². The number of hydrogen-bond acceptors (Lipinski definition) is 4. The highest BCUT2D eigenvalue weighted by Gasteiger charge is 2.32. The van der Waals surface area contributed by atoms with E-state index < -0.39 is 23.6 Å². The molecular weight excluding hydrogens is 461 g/mol. The molecule has 4 rings (SSSR count). The molecule has 0 bridgehead atoms. The average Bonchev–Trinajstić information content (AvgIpc) is 3.31. The first kappa shape index (κ1) is 22.2. The molecule has 1 unspecified atom stereocenters. The van der Waals surface area contributed by atoms with E-state index in [4.69, 9.17) is 28.0 Å². The fraction of sp³-hybridized carbons (Fsp3) is 0.227. The maximum Gasteiger partial charge on any atom is 0.268 e. The molecule has 1 atom stereocenters. The van der Waals surface area contributed by atoms with E-state index in [0.717, 1.165) is 0 Å². The molecule has 1 aliphatic heterocycles. The number of halogens is 4. The van der Waals surface area contributed by atoms with Gasteiger partial charge in [0.2, 0.25) is 6.10 Å². The highest BCUT2D eigenvalue weighted by Crippen LogP contribution is 2.27. The van der Waals surface area contributed by atoms with Crippen LogP contribution in [-0.4, -0.2) is 27.5 Å². The van der Waals surface area contributed by atoms with Crippen molar-refractivity contribution in [3.05, 3.63) is 80.6 Å². The van der Waals surface area contributed by atoms with Crippen LogP contribution in [0.25, 0.3) is 0 Å². The van der Waals surface area contributed by atoms with E-state index in [2.05, 4.69) is 15.6 Å². The van der Waals surface area contributed by atoms with Crippen molar-refractivity contribution >= 4 is 40.5 Å². The van der Waals surface area contributed by atoms with Gasteiger partial charge in [0.1, 0.15) is 11.6 Å². The quantitative estimate of drug-likeness (QED) is 0.543. The van der Waals surface area contributed by atoms with Crippen LogP contribution in [0.3, 0.4) is 0 Å². The lowest BCUT2D eigenvalue weighted by Crippen LogP contribution is -2.28. The molecule has 1 aromatic heterocycles. The largest absolute Gasteiger partial charge is 0.382 e. The Balaban J connectivity index is 1.47. The van der Waals surface area contributed by atoms with Crippen molar-refractivity contribution in [2.45, 2.75) is 32.9 Å². The Hall–Kier alpha value is -2.97. The predicted molar refractivity (Wildman–Crippen MR) is 118 cm³/mol. The molecule has 0 aliphatic carbocycles. The number of rotatable bonds is 5. The minimum Gasteiger partial charge on any atom is -0.382 e. The first-order valence-electron chi connectivity index (χ1n) is 9.70. The van der Waals surface area contributed by atoms with Gasteiger partial charge in [-0.3, -0.25) is 9.48 Å². The third-order valence-electron chi connectivity index (χ3n) is 5.18. The van der Waals surface area contributed by atoms with Gasteiger partial charge >= 0.3 is 0 Å². The topological polar surface area (TPSA) is 68.5 Å². The molecule has 2 aromatic carbocycles. The monoisotopic (exact) mass is 478 g/mol. The van der Waals surface area contributed by atoms with Gasteiger partial charge in [-0.05, 0) is 43.7 Å². The van der Waals surface area contributed by atoms with Gasteiger partial charge in [0.25, 0.3) is 5.91 Å². The number of nitrogens with zero attached hydrogens (tertiary/aromatic N) is 3. The second-order valence-electron chi connectivity index (χ2n) is 7.36. The minimum atomic E-state index is -0.936. The maximum atomic E-state index is 14.2. The number of nitrogens with one attached hydrogen (secondary N) is 1. The van der Waals surface area contributed by atoms with Gasteiger partial charge in [0, 0.05) is 11.4 Å². The SMILES string of the molecule is Cc1nn(Cc2ccc(F)cc2Cl)c(C)c1NC(=O)C1CC(c2c(F)cccc2Cl)=NO1. The highest BCUT2D eigenvalue weighted by molar-refractivity contribution is 6.34. The molecule has 2 heterocycles. The van der Waals surface area contributed by atoms with E-state index in [1.807, 2.05) is 0 Å². The Labute approximate surface area is 192 Å². The number of aromatic nitrogens is 2. The Morgan fingerprint density at radius 1 is 1.22 bits per heavy atom. The molecule has 3 aromatic rings. The van der Waals surface area contributed by atoms with Crippen molar-refractivity contribution in [3.8, 4) is 0 Å². The van der Waals surface area contributed by atoms with E-state index in [1.54, 1.807) is 30.7 Å². The second-order valence-corrected chi connectivity index (χ2v) is 8.18. The van der Waals surface area contributed by atoms with E-state index in [0.29, 0.717) is 34.2 Å². The summed E-state index contributed by atoms with van der Waals surface area (Å²) in [4.78, 5) is 18.0. The van der Waals surface area contributed by atoms with Crippen LogP contribution in [0.1, 0.15) is 28.9 Å². The van der Waals surface area contributed by atoms with Crippen molar-refractivity contribution < 1.29 is 18.4 Å². The van der Waals surface area contributed by atoms with E-state index in [9.17, 15) is 13.6 Å². The van der Waals surface area contributed by atoms with Gasteiger partial charge in [-0.2, -0.15) is 5.10 Å². The van der Waals surface area contributed by atoms with Crippen LogP contribution in [0.5, 0.6) is 0 Å². The zero-order valence-corrected chi connectivity index (χ0v) is 18.6. The predicted octanol–water partition coefficient (Wildman–Crippen LogP) is 5.26. The summed E-state index contributed by atoms with van der Waals surface area (Å²) in [6, 6.07) is 8.46. The maximum absolute atomic E-state index is 14.2. The highest BCUT2D eigenvalue weighted by atomic mass is 35.5. The fourth-order valence-corrected chi connectivity index (χ4v) is 3.98. The molecule has 166 valence electrons. The van der Waals surface area contributed by atoms with Crippen LogP contribution in [0.15, 0.2) is 41.6 Å². The number of carbonyl (C=O) groups excluding carboxylic acids is 1. The summed E-state index contributed by atoms with van der Waals surface area (Å²) in [5.74, 6) is -1.40. The van der Waals surface area contributed by atoms with Gasteiger partial charge in [0.15, 0.2) is 0 Å². The van der Waals surface area contributed by atoms with Crippen molar-refractivity contribution in [1.82, 2.24) is 9.78 Å². The molecule has 0 fully saturated rings. The fourth-order valence-electron chi connectivity index (χ4n) is 3.49. The lowest BCUT2D eigenvalue weighted by atomic mass is 10.0. The van der Waals surface area contributed by atoms with E-state index in [-0.39, 0.29) is 22.7 Å². The first-order chi connectivity index (χ1) is 15.2. The zero-order valence-electron chi connectivity index (χ0n) is 17.1. The summed E-state index contributed by atoms with van der Waals surface area (Å²) in [7, 11) is 0. The zero-order chi connectivity index (χ0) is 23.0. The summed E-state index contributed by atoms with van der Waals surface area (Å²) in [6.07, 6.45) is -0.862. The van der Waals surface area contributed by atoms with E-state index >= 15 is 0 Å². The number of aryl methyl sites for hydroxylation is 1. The van der Waals surface area contributed by atoms with Crippen molar-refractivity contribution in [2.75, 3.05) is 5.32 Å². The molecule has 0 radical (unpaired) electrons. The summed E-state index contributed by atoms with van der Waals surface area (Å²) in [6.45, 7) is 3.85. The van der Waals surface area contributed by atoms with Crippen LogP contribution >= 0.6 is 23.2 Å². The molecule has 0 saturated heterocycles. The second kappa shape index (κ2) is 8.88. The summed E-state index contributed by atoms with van der Waals surface area (Å²) >= 11 is 12.2. The molecule has 1 amide bonds. The number of anilines is 1. The summed E-state index contributed by atoms with van der Waals surface area (Å²) in [5.41, 5.74) is 2.88. The number of amides is 1. The third kappa shape index (κ3) is 4.33. The van der Waals surface area contributed by atoms with Crippen LogP contribution in [-0.2, 0) is 16.2 Å². The van der Waals surface area contributed by atoms with Crippen LogP contribution in [0, 0.1) is 25.5 Å². The Kier molecular flexibility index (Phi) is 6.17. The molecule has 32 heavy (non-hydrogen) atoms. The molecular formula is C22H18Cl2F2N4O2. The first-order valence-corrected chi connectivity index (χ1v) is 10.5. The van der Waals surface area contributed by atoms with Gasteiger partial charge in [-0.25, -0.2) is 8.78 Å². The molecule has 10 heteroatoms. The van der Waals surface area contributed by atoms with Gasteiger partial charge < -0.3 is 10.2 Å². The van der Waals surface area contributed by atoms with Gasteiger partial charge in [0.05, 0.1) is 39.9 Å². The number of hydrogen-bond donors (Lipinski definition) is 1. The average molecular weight is 479 g/mol. The molecule has 1 aliphatic rings. The van der Waals surface area contributed by atoms with Gasteiger partial charge in [-0.1, -0.05) is 40.5 Å². The lowest BCUT2D eigenvalue weighted by Gasteiger charge is -2.11. The van der Waals surface area contributed by atoms with Crippen LogP contribution < -0.4 is 5.32 Å². The summed E-state index contributed by atoms with van der Waals surface area (Å²) < 4.78 is 29.1. The lowest BCUT2D eigenvalue weighted by molar-refractivity contribution is -0.125. The number of oxime groups is 1. The molecule has 1 N–H and O–H groups in total. The van der Waals surface area contributed by atoms with Crippen molar-refractivity contribution in [3.63, 3.8) is 0 Å². The van der Waals surface area contributed by atoms with Crippen molar-refractivity contribution in [2.24, 2.45) is 5.16 Å². The Morgan fingerprint density at radius 2 is 2.00 bits per heavy atom. The Morgan fingerprint density at radius 3 is 2.72 bits per heavy atom. The van der Waals surface area contributed by atoms with E-state index in [1.165, 1.54) is 24.3 Å². The number of benzene rings is 2. The minimum absolute atomic E-state index is 0.0733. The van der Waals surface area contributed by atoms with Crippen LogP contribution in [0.2, 0.25) is 10.0 Å².